The van der Waals surface area contributed by atoms with Crippen molar-refractivity contribution < 1.29 is 9.90 Å². The summed E-state index contributed by atoms with van der Waals surface area (Å²) in [5.41, 5.74) is 3.65. The molecule has 2 aromatic carbocycles. The SMILES string of the molecule is Cc1nn(-c2cccc(Cl)c2C)c(-c2ccccc2)c1C(=O)O. The molecule has 5 heteroatoms. The van der Waals surface area contributed by atoms with Crippen molar-refractivity contribution in [1.82, 2.24) is 9.78 Å². The van der Waals surface area contributed by atoms with Gasteiger partial charge in [-0.1, -0.05) is 48.0 Å². The number of benzene rings is 2. The molecule has 0 fully saturated rings. The fraction of sp³-hybridized carbons (Fsp3) is 0.111. The zero-order chi connectivity index (χ0) is 16.6. The minimum absolute atomic E-state index is 0.204. The van der Waals surface area contributed by atoms with Crippen LogP contribution in [0.5, 0.6) is 0 Å². The van der Waals surface area contributed by atoms with Crippen LogP contribution < -0.4 is 0 Å². The average molecular weight is 327 g/mol. The summed E-state index contributed by atoms with van der Waals surface area (Å²) in [6.07, 6.45) is 0. The summed E-state index contributed by atoms with van der Waals surface area (Å²) in [4.78, 5) is 11.7. The van der Waals surface area contributed by atoms with Crippen molar-refractivity contribution >= 4 is 17.6 Å². The van der Waals surface area contributed by atoms with Crippen molar-refractivity contribution in [3.63, 3.8) is 0 Å². The second-order valence-electron chi connectivity index (χ2n) is 5.28. The van der Waals surface area contributed by atoms with Gasteiger partial charge in [-0.2, -0.15) is 5.10 Å². The Balaban J connectivity index is 2.36. The van der Waals surface area contributed by atoms with Crippen LogP contribution in [0, 0.1) is 13.8 Å². The second-order valence-corrected chi connectivity index (χ2v) is 5.68. The predicted molar refractivity (Wildman–Crippen MR) is 90.4 cm³/mol. The third-order valence-corrected chi connectivity index (χ3v) is 4.20. The number of rotatable bonds is 3. The van der Waals surface area contributed by atoms with Crippen LogP contribution in [-0.4, -0.2) is 20.9 Å². The van der Waals surface area contributed by atoms with Crippen molar-refractivity contribution in [2.24, 2.45) is 0 Å². The Bertz CT molecular complexity index is 886. The lowest BCUT2D eigenvalue weighted by Gasteiger charge is -2.12. The number of aromatic nitrogens is 2. The maximum absolute atomic E-state index is 11.7. The first-order valence-corrected chi connectivity index (χ1v) is 7.52. The Labute approximate surface area is 139 Å². The Morgan fingerprint density at radius 3 is 2.43 bits per heavy atom. The fourth-order valence-corrected chi connectivity index (χ4v) is 2.82. The molecule has 0 radical (unpaired) electrons. The lowest BCUT2D eigenvalue weighted by Crippen LogP contribution is -2.04. The highest BCUT2D eigenvalue weighted by atomic mass is 35.5. The van der Waals surface area contributed by atoms with E-state index >= 15 is 0 Å². The first kappa shape index (κ1) is 15.3. The van der Waals surface area contributed by atoms with Crippen molar-refractivity contribution in [1.29, 1.82) is 0 Å². The Morgan fingerprint density at radius 2 is 1.78 bits per heavy atom. The molecule has 0 saturated carbocycles. The van der Waals surface area contributed by atoms with Crippen LogP contribution in [0.2, 0.25) is 5.02 Å². The van der Waals surface area contributed by atoms with E-state index < -0.39 is 5.97 Å². The molecule has 116 valence electrons. The number of carboxylic acid groups (broad SMARTS) is 1. The molecule has 0 bridgehead atoms. The number of halogens is 1. The molecule has 4 nitrogen and oxygen atoms in total. The molecule has 0 aliphatic carbocycles. The van der Waals surface area contributed by atoms with Gasteiger partial charge in [0.15, 0.2) is 0 Å². The van der Waals surface area contributed by atoms with Crippen LogP contribution in [-0.2, 0) is 0 Å². The summed E-state index contributed by atoms with van der Waals surface area (Å²) in [7, 11) is 0. The summed E-state index contributed by atoms with van der Waals surface area (Å²) in [6.45, 7) is 3.59. The van der Waals surface area contributed by atoms with Crippen LogP contribution in [0.1, 0.15) is 21.6 Å². The molecule has 1 aromatic heterocycles. The molecule has 1 N–H and O–H groups in total. The van der Waals surface area contributed by atoms with Crippen molar-refractivity contribution in [2.75, 3.05) is 0 Å². The standard InChI is InChI=1S/C18H15ClN2O2/c1-11-14(19)9-6-10-15(11)21-17(13-7-4-3-5-8-13)16(18(22)23)12(2)20-21/h3-10H,1-2H3,(H,22,23). The molecule has 0 amide bonds. The van der Waals surface area contributed by atoms with Gasteiger partial charge in [-0.25, -0.2) is 9.48 Å². The van der Waals surface area contributed by atoms with Gasteiger partial charge >= 0.3 is 5.97 Å². The van der Waals surface area contributed by atoms with Gasteiger partial charge < -0.3 is 5.11 Å². The van der Waals surface area contributed by atoms with E-state index in [0.29, 0.717) is 16.4 Å². The highest BCUT2D eigenvalue weighted by Crippen LogP contribution is 2.31. The zero-order valence-corrected chi connectivity index (χ0v) is 13.5. The summed E-state index contributed by atoms with van der Waals surface area (Å²) in [5.74, 6) is -0.993. The Hall–Kier alpha value is -2.59. The monoisotopic (exact) mass is 326 g/mol. The number of hydrogen-bond acceptors (Lipinski definition) is 2. The van der Waals surface area contributed by atoms with Crippen LogP contribution >= 0.6 is 11.6 Å². The Kier molecular flexibility index (Phi) is 3.92. The van der Waals surface area contributed by atoms with Crippen LogP contribution in [0.3, 0.4) is 0 Å². The molecule has 0 unspecified atom stereocenters. The van der Waals surface area contributed by atoms with Gasteiger partial charge in [-0.15, -0.1) is 0 Å². The van der Waals surface area contributed by atoms with Gasteiger partial charge in [-0.05, 0) is 31.5 Å². The van der Waals surface area contributed by atoms with E-state index in [1.54, 1.807) is 17.7 Å². The van der Waals surface area contributed by atoms with Crippen LogP contribution in [0.25, 0.3) is 16.9 Å². The summed E-state index contributed by atoms with van der Waals surface area (Å²) < 4.78 is 1.66. The maximum atomic E-state index is 11.7. The van der Waals surface area contributed by atoms with E-state index in [1.807, 2.05) is 49.4 Å². The molecular formula is C18H15ClN2O2. The number of carbonyl (C=O) groups is 1. The molecule has 0 spiro atoms. The topological polar surface area (TPSA) is 55.1 Å². The molecular weight excluding hydrogens is 312 g/mol. The minimum Gasteiger partial charge on any atom is -0.478 e. The van der Waals surface area contributed by atoms with E-state index in [9.17, 15) is 9.90 Å². The highest BCUT2D eigenvalue weighted by Gasteiger charge is 2.23. The quantitative estimate of drug-likeness (QED) is 0.770. The summed E-state index contributed by atoms with van der Waals surface area (Å²) in [6, 6.07) is 14.9. The van der Waals surface area contributed by atoms with Gasteiger partial charge in [0.05, 0.1) is 17.1 Å². The second kappa shape index (κ2) is 5.89. The normalized spacial score (nSPS) is 10.7. The predicted octanol–water partition coefficient (Wildman–Crippen LogP) is 4.51. The van der Waals surface area contributed by atoms with E-state index in [-0.39, 0.29) is 5.56 Å². The summed E-state index contributed by atoms with van der Waals surface area (Å²) >= 11 is 6.21. The molecule has 0 aliphatic rings. The minimum atomic E-state index is -0.993. The first-order valence-electron chi connectivity index (χ1n) is 7.14. The van der Waals surface area contributed by atoms with E-state index in [4.69, 9.17) is 11.6 Å². The lowest BCUT2D eigenvalue weighted by molar-refractivity contribution is 0.0697. The Morgan fingerprint density at radius 1 is 1.09 bits per heavy atom. The van der Waals surface area contributed by atoms with E-state index in [1.165, 1.54) is 0 Å². The van der Waals surface area contributed by atoms with Crippen molar-refractivity contribution in [3.05, 3.63) is 70.4 Å². The van der Waals surface area contributed by atoms with Gasteiger partial charge in [0.25, 0.3) is 0 Å². The van der Waals surface area contributed by atoms with E-state index in [2.05, 4.69) is 5.10 Å². The molecule has 0 aliphatic heterocycles. The average Bonchev–Trinajstić information content (AvgIpc) is 2.88. The van der Waals surface area contributed by atoms with Gasteiger partial charge in [0, 0.05) is 10.6 Å². The third-order valence-electron chi connectivity index (χ3n) is 3.79. The third kappa shape index (κ3) is 2.62. The van der Waals surface area contributed by atoms with Gasteiger partial charge in [-0.3, -0.25) is 0 Å². The molecule has 3 rings (SSSR count). The highest BCUT2D eigenvalue weighted by molar-refractivity contribution is 6.31. The maximum Gasteiger partial charge on any atom is 0.339 e. The van der Waals surface area contributed by atoms with Crippen LogP contribution in [0.15, 0.2) is 48.5 Å². The molecule has 1 heterocycles. The number of aromatic carboxylic acids is 1. The molecule has 0 saturated heterocycles. The number of aryl methyl sites for hydroxylation is 1. The first-order chi connectivity index (χ1) is 11.0. The molecule has 0 atom stereocenters. The number of nitrogens with zero attached hydrogens (tertiary/aromatic N) is 2. The summed E-state index contributed by atoms with van der Waals surface area (Å²) in [5, 5.41) is 14.7. The number of hydrogen-bond donors (Lipinski definition) is 1. The fourth-order valence-electron chi connectivity index (χ4n) is 2.65. The zero-order valence-electron chi connectivity index (χ0n) is 12.7. The molecule has 23 heavy (non-hydrogen) atoms. The van der Waals surface area contributed by atoms with Gasteiger partial charge in [0.2, 0.25) is 0 Å². The van der Waals surface area contributed by atoms with Crippen molar-refractivity contribution in [2.45, 2.75) is 13.8 Å². The van der Waals surface area contributed by atoms with Gasteiger partial charge in [0.1, 0.15) is 5.56 Å². The molecule has 3 aromatic rings. The lowest BCUT2D eigenvalue weighted by atomic mass is 10.1. The smallest absolute Gasteiger partial charge is 0.339 e. The van der Waals surface area contributed by atoms with E-state index in [0.717, 1.165) is 16.8 Å². The number of carboxylic acids is 1. The largest absolute Gasteiger partial charge is 0.478 e. The van der Waals surface area contributed by atoms with Crippen molar-refractivity contribution in [3.8, 4) is 16.9 Å². The van der Waals surface area contributed by atoms with Crippen LogP contribution in [0.4, 0.5) is 0 Å².